The Morgan fingerprint density at radius 3 is 2.50 bits per heavy atom. The number of hydrogen-bond acceptors (Lipinski definition) is 5. The van der Waals surface area contributed by atoms with Crippen LogP contribution in [-0.2, 0) is 4.57 Å². The van der Waals surface area contributed by atoms with Crippen LogP contribution < -0.4 is 9.26 Å². The highest BCUT2D eigenvalue weighted by atomic mass is 31.2. The molecule has 0 amide bonds. The Labute approximate surface area is 89.8 Å². The summed E-state index contributed by atoms with van der Waals surface area (Å²) in [6, 6.07) is 3.52. The van der Waals surface area contributed by atoms with E-state index in [0.29, 0.717) is 0 Å². The number of para-hydroxylation sites is 1. The zero-order chi connectivity index (χ0) is 12.3. The lowest BCUT2D eigenvalue weighted by Gasteiger charge is -2.10. The Bertz CT molecular complexity index is 454. The van der Waals surface area contributed by atoms with Crippen molar-refractivity contribution in [2.75, 3.05) is 7.11 Å². The van der Waals surface area contributed by atoms with E-state index in [1.807, 2.05) is 0 Å². The zero-order valence-corrected chi connectivity index (χ0v) is 8.96. The highest BCUT2D eigenvalue weighted by Crippen LogP contribution is 2.45. The molecule has 0 unspecified atom stereocenters. The lowest BCUT2D eigenvalue weighted by molar-refractivity contribution is -0.385. The van der Waals surface area contributed by atoms with Crippen molar-refractivity contribution < 1.29 is 28.5 Å². The van der Waals surface area contributed by atoms with Crippen LogP contribution in [0.5, 0.6) is 11.5 Å². The van der Waals surface area contributed by atoms with Gasteiger partial charge >= 0.3 is 13.5 Å². The van der Waals surface area contributed by atoms with Gasteiger partial charge in [-0.3, -0.25) is 19.9 Å². The molecule has 1 rings (SSSR count). The molecule has 0 bridgehead atoms. The first kappa shape index (κ1) is 12.4. The SMILES string of the molecule is COc1c(OP(=O)(O)O)cccc1[N+](=O)[O-]. The molecule has 16 heavy (non-hydrogen) atoms. The Hall–Kier alpha value is -1.63. The van der Waals surface area contributed by atoms with Crippen molar-refractivity contribution in [2.45, 2.75) is 0 Å². The van der Waals surface area contributed by atoms with E-state index in [-0.39, 0.29) is 11.5 Å². The first-order valence-corrected chi connectivity index (χ1v) is 5.44. The minimum Gasteiger partial charge on any atom is -0.488 e. The number of phosphoric acid groups is 1. The Kier molecular flexibility index (Phi) is 3.48. The van der Waals surface area contributed by atoms with Crippen molar-refractivity contribution in [3.05, 3.63) is 28.3 Å². The smallest absolute Gasteiger partial charge is 0.488 e. The third-order valence-electron chi connectivity index (χ3n) is 1.58. The van der Waals surface area contributed by atoms with Gasteiger partial charge in [0, 0.05) is 6.07 Å². The van der Waals surface area contributed by atoms with Crippen molar-refractivity contribution in [3.8, 4) is 11.5 Å². The lowest BCUT2D eigenvalue weighted by Crippen LogP contribution is -1.98. The minimum absolute atomic E-state index is 0.337. The van der Waals surface area contributed by atoms with Crippen LogP contribution >= 0.6 is 7.82 Å². The molecule has 0 aromatic heterocycles. The molecule has 0 aliphatic heterocycles. The maximum absolute atomic E-state index is 10.6. The number of nitrogens with zero attached hydrogens (tertiary/aromatic N) is 1. The second-order valence-corrected chi connectivity index (χ2v) is 3.81. The highest BCUT2D eigenvalue weighted by Gasteiger charge is 2.24. The molecule has 0 fully saturated rings. The molecule has 8 nitrogen and oxygen atoms in total. The summed E-state index contributed by atoms with van der Waals surface area (Å²) in [6.07, 6.45) is 0. The zero-order valence-electron chi connectivity index (χ0n) is 8.06. The van der Waals surface area contributed by atoms with E-state index < -0.39 is 18.4 Å². The maximum atomic E-state index is 10.6. The molecular formula is C7H8NO7P. The van der Waals surface area contributed by atoms with Crippen LogP contribution in [0.15, 0.2) is 18.2 Å². The van der Waals surface area contributed by atoms with Crippen molar-refractivity contribution in [2.24, 2.45) is 0 Å². The molecule has 88 valence electrons. The molecule has 9 heteroatoms. The summed E-state index contributed by atoms with van der Waals surface area (Å²) in [7, 11) is -3.65. The molecule has 0 spiro atoms. The minimum atomic E-state index is -4.78. The van der Waals surface area contributed by atoms with E-state index in [2.05, 4.69) is 9.26 Å². The summed E-state index contributed by atoms with van der Waals surface area (Å²) in [6.45, 7) is 0. The average Bonchev–Trinajstić information content (AvgIpc) is 2.14. The van der Waals surface area contributed by atoms with Crippen molar-refractivity contribution in [1.29, 1.82) is 0 Å². The van der Waals surface area contributed by atoms with Crippen molar-refractivity contribution >= 4 is 13.5 Å². The van der Waals surface area contributed by atoms with Gasteiger partial charge in [0.25, 0.3) is 0 Å². The summed E-state index contributed by atoms with van der Waals surface area (Å²) in [4.78, 5) is 27.0. The molecule has 0 saturated carbocycles. The second-order valence-electron chi connectivity index (χ2n) is 2.65. The van der Waals surface area contributed by atoms with Crippen LogP contribution in [-0.4, -0.2) is 21.8 Å². The summed E-state index contributed by atoms with van der Waals surface area (Å²) in [5.41, 5.74) is -0.437. The lowest BCUT2D eigenvalue weighted by atomic mass is 10.3. The standard InChI is InChI=1S/C7H8NO7P/c1-14-7-5(8(9)10)3-2-4-6(7)15-16(11,12)13/h2-4H,1H3,(H2,11,12,13). The number of benzene rings is 1. The maximum Gasteiger partial charge on any atom is 0.524 e. The predicted octanol–water partition coefficient (Wildman–Crippen LogP) is 1.07. The van der Waals surface area contributed by atoms with Gasteiger partial charge in [-0.1, -0.05) is 6.07 Å². The van der Waals surface area contributed by atoms with Crippen molar-refractivity contribution in [1.82, 2.24) is 0 Å². The Morgan fingerprint density at radius 1 is 1.44 bits per heavy atom. The van der Waals surface area contributed by atoms with Gasteiger partial charge in [-0.15, -0.1) is 0 Å². The largest absolute Gasteiger partial charge is 0.524 e. The molecule has 0 atom stereocenters. The Morgan fingerprint density at radius 2 is 2.06 bits per heavy atom. The number of phosphoric ester groups is 1. The van der Waals surface area contributed by atoms with E-state index in [1.165, 1.54) is 6.07 Å². The van der Waals surface area contributed by atoms with Crippen LogP contribution in [0, 0.1) is 10.1 Å². The number of rotatable bonds is 4. The van der Waals surface area contributed by atoms with E-state index in [1.54, 1.807) is 0 Å². The number of nitro benzene ring substituents is 1. The third-order valence-corrected chi connectivity index (χ3v) is 2.01. The van der Waals surface area contributed by atoms with Crippen molar-refractivity contribution in [3.63, 3.8) is 0 Å². The van der Waals surface area contributed by atoms with Gasteiger partial charge in [-0.25, -0.2) is 4.57 Å². The molecule has 0 heterocycles. The average molecular weight is 249 g/mol. The normalized spacial score (nSPS) is 10.9. The molecule has 1 aromatic rings. The highest BCUT2D eigenvalue weighted by molar-refractivity contribution is 7.46. The summed E-state index contributed by atoms with van der Waals surface area (Å²) < 4.78 is 19.5. The van der Waals surface area contributed by atoms with Gasteiger partial charge in [-0.05, 0) is 6.07 Å². The number of methoxy groups -OCH3 is 1. The van der Waals surface area contributed by atoms with Gasteiger partial charge in [0.2, 0.25) is 5.75 Å². The molecular weight excluding hydrogens is 241 g/mol. The van der Waals surface area contributed by atoms with E-state index in [4.69, 9.17) is 9.79 Å². The molecule has 2 N–H and O–H groups in total. The summed E-state index contributed by atoms with van der Waals surface area (Å²) in [5.74, 6) is -0.721. The predicted molar refractivity (Wildman–Crippen MR) is 52.3 cm³/mol. The third kappa shape index (κ3) is 2.93. The van der Waals surface area contributed by atoms with E-state index in [9.17, 15) is 14.7 Å². The topological polar surface area (TPSA) is 119 Å². The fourth-order valence-corrected chi connectivity index (χ4v) is 1.45. The van der Waals surface area contributed by atoms with E-state index >= 15 is 0 Å². The fraction of sp³-hybridized carbons (Fsp3) is 0.143. The van der Waals surface area contributed by atoms with Gasteiger partial charge in [0.15, 0.2) is 5.75 Å². The second kappa shape index (κ2) is 4.48. The first-order valence-electron chi connectivity index (χ1n) is 3.91. The molecule has 0 aliphatic rings. The molecule has 1 aromatic carbocycles. The van der Waals surface area contributed by atoms with Gasteiger partial charge in [0.05, 0.1) is 12.0 Å². The first-order chi connectivity index (χ1) is 7.35. The molecule has 0 saturated heterocycles. The van der Waals surface area contributed by atoms with Gasteiger partial charge < -0.3 is 9.26 Å². The van der Waals surface area contributed by atoms with Crippen LogP contribution in [0.3, 0.4) is 0 Å². The van der Waals surface area contributed by atoms with Gasteiger partial charge in [0.1, 0.15) is 0 Å². The van der Waals surface area contributed by atoms with E-state index in [0.717, 1.165) is 19.2 Å². The molecule has 0 radical (unpaired) electrons. The van der Waals surface area contributed by atoms with Gasteiger partial charge in [-0.2, -0.15) is 0 Å². The Balaban J connectivity index is 3.24. The summed E-state index contributed by atoms with van der Waals surface area (Å²) >= 11 is 0. The van der Waals surface area contributed by atoms with Crippen LogP contribution in [0.2, 0.25) is 0 Å². The summed E-state index contributed by atoms with van der Waals surface area (Å²) in [5, 5.41) is 10.6. The molecule has 0 aliphatic carbocycles. The van der Waals surface area contributed by atoms with Crippen LogP contribution in [0.25, 0.3) is 0 Å². The fourth-order valence-electron chi connectivity index (χ4n) is 1.05. The quantitative estimate of drug-likeness (QED) is 0.465. The number of ether oxygens (including phenoxy) is 1. The monoisotopic (exact) mass is 249 g/mol. The van der Waals surface area contributed by atoms with Crippen LogP contribution in [0.4, 0.5) is 5.69 Å². The number of nitro groups is 1. The van der Waals surface area contributed by atoms with Crippen LogP contribution in [0.1, 0.15) is 0 Å². The number of hydrogen-bond donors (Lipinski definition) is 2.